The van der Waals surface area contributed by atoms with Gasteiger partial charge in [0.15, 0.2) is 0 Å². The highest BCUT2D eigenvalue weighted by Crippen LogP contribution is 2.30. The second-order valence-electron chi connectivity index (χ2n) is 7.87. The Morgan fingerprint density at radius 2 is 1.89 bits per heavy atom. The molecule has 0 amide bonds. The highest BCUT2D eigenvalue weighted by atomic mass is 32.2. The number of rotatable bonds is 5. The molecule has 2 aromatic rings. The van der Waals surface area contributed by atoms with Gasteiger partial charge in [-0.15, -0.1) is 0 Å². The first-order chi connectivity index (χ1) is 13.5. The standard InChI is InChI=1S/C20H26FN3O3S/c21-18-11-5-4-10-17(18)20-22-19(27-23-20)13-15-7-6-12-24(14-15)28(25,26)16-8-2-1-3-9-16/h4-5,10-11,15-16H,1-3,6-9,12-14H2. The Kier molecular flexibility index (Phi) is 5.78. The maximum atomic E-state index is 13.9. The van der Waals surface area contributed by atoms with Crippen molar-refractivity contribution < 1.29 is 17.3 Å². The molecule has 0 radical (unpaired) electrons. The number of nitrogens with zero attached hydrogens (tertiary/aromatic N) is 3. The maximum Gasteiger partial charge on any atom is 0.227 e. The summed E-state index contributed by atoms with van der Waals surface area (Å²) in [7, 11) is -3.24. The number of hydrogen-bond donors (Lipinski definition) is 0. The zero-order valence-electron chi connectivity index (χ0n) is 15.9. The largest absolute Gasteiger partial charge is 0.339 e. The van der Waals surface area contributed by atoms with Crippen LogP contribution in [0, 0.1) is 11.7 Å². The third-order valence-corrected chi connectivity index (χ3v) is 8.23. The molecule has 6 nitrogen and oxygen atoms in total. The number of benzene rings is 1. The van der Waals surface area contributed by atoms with E-state index in [9.17, 15) is 12.8 Å². The molecule has 8 heteroatoms. The summed E-state index contributed by atoms with van der Waals surface area (Å²) < 4.78 is 46.9. The first-order valence-corrected chi connectivity index (χ1v) is 11.6. The molecule has 2 aliphatic rings. The molecule has 0 spiro atoms. The lowest BCUT2D eigenvalue weighted by molar-refractivity contribution is 0.243. The minimum atomic E-state index is -3.24. The summed E-state index contributed by atoms with van der Waals surface area (Å²) >= 11 is 0. The predicted molar refractivity (Wildman–Crippen MR) is 103 cm³/mol. The van der Waals surface area contributed by atoms with E-state index in [1.54, 1.807) is 22.5 Å². The van der Waals surface area contributed by atoms with Crippen molar-refractivity contribution in [3.05, 3.63) is 36.0 Å². The van der Waals surface area contributed by atoms with Gasteiger partial charge in [0.25, 0.3) is 0 Å². The van der Waals surface area contributed by atoms with Crippen LogP contribution in [0.1, 0.15) is 50.8 Å². The molecule has 2 heterocycles. The summed E-state index contributed by atoms with van der Waals surface area (Å²) in [5.41, 5.74) is 0.308. The van der Waals surface area contributed by atoms with Crippen LogP contribution in [0.4, 0.5) is 4.39 Å². The van der Waals surface area contributed by atoms with Gasteiger partial charge in [0.05, 0.1) is 10.8 Å². The Labute approximate surface area is 165 Å². The Balaban J connectivity index is 1.42. The van der Waals surface area contributed by atoms with Crippen molar-refractivity contribution in [1.29, 1.82) is 0 Å². The molecule has 1 unspecified atom stereocenters. The molecule has 1 aliphatic heterocycles. The number of halogens is 1. The quantitative estimate of drug-likeness (QED) is 0.754. The third kappa shape index (κ3) is 4.12. The van der Waals surface area contributed by atoms with Crippen LogP contribution in [-0.2, 0) is 16.4 Å². The highest BCUT2D eigenvalue weighted by Gasteiger charge is 2.36. The fourth-order valence-electron chi connectivity index (χ4n) is 4.34. The minimum absolute atomic E-state index is 0.140. The summed E-state index contributed by atoms with van der Waals surface area (Å²) in [5.74, 6) is 0.411. The molecule has 1 aromatic heterocycles. The van der Waals surface area contributed by atoms with Crippen LogP contribution < -0.4 is 0 Å². The molecule has 0 bridgehead atoms. The Morgan fingerprint density at radius 1 is 1.11 bits per heavy atom. The predicted octanol–water partition coefficient (Wildman–Crippen LogP) is 3.79. The number of hydrogen-bond acceptors (Lipinski definition) is 5. The van der Waals surface area contributed by atoms with E-state index in [1.807, 2.05) is 0 Å². The van der Waals surface area contributed by atoms with Crippen molar-refractivity contribution in [3.8, 4) is 11.4 Å². The van der Waals surface area contributed by atoms with Gasteiger partial charge < -0.3 is 4.52 Å². The van der Waals surface area contributed by atoms with Gasteiger partial charge in [-0.2, -0.15) is 4.98 Å². The minimum Gasteiger partial charge on any atom is -0.339 e. The van der Waals surface area contributed by atoms with Crippen molar-refractivity contribution >= 4 is 10.0 Å². The van der Waals surface area contributed by atoms with Crippen LogP contribution in [-0.4, -0.2) is 41.2 Å². The van der Waals surface area contributed by atoms with Gasteiger partial charge in [0.1, 0.15) is 5.82 Å². The van der Waals surface area contributed by atoms with E-state index in [1.165, 1.54) is 6.07 Å². The second-order valence-corrected chi connectivity index (χ2v) is 10.1. The molecule has 28 heavy (non-hydrogen) atoms. The van der Waals surface area contributed by atoms with Crippen molar-refractivity contribution in [3.63, 3.8) is 0 Å². The van der Waals surface area contributed by atoms with Crippen molar-refractivity contribution in [2.75, 3.05) is 13.1 Å². The zero-order valence-corrected chi connectivity index (χ0v) is 16.7. The van der Waals surface area contributed by atoms with Crippen molar-refractivity contribution in [2.45, 2.75) is 56.6 Å². The van der Waals surface area contributed by atoms with Gasteiger partial charge >= 0.3 is 0 Å². The number of sulfonamides is 1. The molecule has 1 atom stereocenters. The second kappa shape index (κ2) is 8.29. The number of aromatic nitrogens is 2. The van der Waals surface area contributed by atoms with Crippen LogP contribution in [0.5, 0.6) is 0 Å². The van der Waals surface area contributed by atoms with Crippen molar-refractivity contribution in [2.24, 2.45) is 5.92 Å². The van der Waals surface area contributed by atoms with E-state index in [0.29, 0.717) is 31.0 Å². The van der Waals surface area contributed by atoms with Crippen LogP contribution in [0.2, 0.25) is 0 Å². The van der Waals surface area contributed by atoms with E-state index in [-0.39, 0.29) is 17.0 Å². The molecule has 4 rings (SSSR count). The molecule has 1 aromatic carbocycles. The van der Waals surface area contributed by atoms with Gasteiger partial charge in [-0.05, 0) is 43.7 Å². The third-order valence-electron chi connectivity index (χ3n) is 5.86. The fourth-order valence-corrected chi connectivity index (χ4v) is 6.49. The molecular weight excluding hydrogens is 381 g/mol. The van der Waals surface area contributed by atoms with Gasteiger partial charge in [-0.25, -0.2) is 17.1 Å². The van der Waals surface area contributed by atoms with E-state index in [0.717, 1.165) is 44.9 Å². The van der Waals surface area contributed by atoms with Crippen LogP contribution in [0.25, 0.3) is 11.4 Å². The normalized spacial score (nSPS) is 22.4. The van der Waals surface area contributed by atoms with E-state index in [4.69, 9.17) is 4.52 Å². The molecule has 1 aliphatic carbocycles. The van der Waals surface area contributed by atoms with E-state index < -0.39 is 15.8 Å². The van der Waals surface area contributed by atoms with Gasteiger partial charge in [0.2, 0.25) is 21.7 Å². The Hall–Kier alpha value is -1.80. The van der Waals surface area contributed by atoms with Gasteiger partial charge in [0, 0.05) is 19.5 Å². The average molecular weight is 408 g/mol. The molecule has 0 N–H and O–H groups in total. The molecule has 2 fully saturated rings. The Bertz CT molecular complexity index is 909. The average Bonchev–Trinajstić information content (AvgIpc) is 3.17. The summed E-state index contributed by atoms with van der Waals surface area (Å²) in [6.07, 6.45) is 6.97. The first kappa shape index (κ1) is 19.5. The van der Waals surface area contributed by atoms with E-state index >= 15 is 0 Å². The Morgan fingerprint density at radius 3 is 2.68 bits per heavy atom. The van der Waals surface area contributed by atoms with E-state index in [2.05, 4.69) is 10.1 Å². The van der Waals surface area contributed by atoms with Crippen molar-refractivity contribution in [1.82, 2.24) is 14.4 Å². The van der Waals surface area contributed by atoms with Crippen LogP contribution >= 0.6 is 0 Å². The summed E-state index contributed by atoms with van der Waals surface area (Å²) in [6, 6.07) is 6.32. The summed E-state index contributed by atoms with van der Waals surface area (Å²) in [4.78, 5) is 4.33. The molecule has 152 valence electrons. The SMILES string of the molecule is O=S(=O)(C1CCCCC1)N1CCCC(Cc2nc(-c3ccccc3F)no2)C1. The maximum absolute atomic E-state index is 13.9. The smallest absolute Gasteiger partial charge is 0.227 e. The monoisotopic (exact) mass is 407 g/mol. The van der Waals surface area contributed by atoms with Crippen LogP contribution in [0.3, 0.4) is 0 Å². The summed E-state index contributed by atoms with van der Waals surface area (Å²) in [5, 5.41) is 3.67. The van der Waals surface area contributed by atoms with Gasteiger partial charge in [-0.3, -0.25) is 0 Å². The topological polar surface area (TPSA) is 76.3 Å². The van der Waals surface area contributed by atoms with Crippen LogP contribution in [0.15, 0.2) is 28.8 Å². The molecule has 1 saturated carbocycles. The lowest BCUT2D eigenvalue weighted by Gasteiger charge is -2.35. The molecular formula is C20H26FN3O3S. The molecule has 1 saturated heterocycles. The lowest BCUT2D eigenvalue weighted by Crippen LogP contribution is -2.45. The fraction of sp³-hybridized carbons (Fsp3) is 0.600. The first-order valence-electron chi connectivity index (χ1n) is 10.1. The highest BCUT2D eigenvalue weighted by molar-refractivity contribution is 7.89. The summed E-state index contributed by atoms with van der Waals surface area (Å²) in [6.45, 7) is 1.09. The zero-order chi connectivity index (χ0) is 19.6. The lowest BCUT2D eigenvalue weighted by atomic mass is 9.96. The van der Waals surface area contributed by atoms with Gasteiger partial charge in [-0.1, -0.05) is 36.6 Å². The number of piperidine rings is 1.